The molecule has 0 aliphatic rings. The Morgan fingerprint density at radius 2 is 1.85 bits per heavy atom. The monoisotopic (exact) mass is 364 g/mol. The lowest BCUT2D eigenvalue weighted by atomic mass is 10.1. The molecule has 0 amide bonds. The number of pyridine rings is 1. The molecule has 0 aliphatic carbocycles. The summed E-state index contributed by atoms with van der Waals surface area (Å²) in [4.78, 5) is 20.8. The molecule has 0 N–H and O–H groups in total. The number of hydrogen-bond acceptors (Lipinski definition) is 5. The molecule has 0 radical (unpaired) electrons. The smallest absolute Gasteiger partial charge is 0.339 e. The number of para-hydroxylation sites is 1. The molecule has 5 nitrogen and oxygen atoms in total. The summed E-state index contributed by atoms with van der Waals surface area (Å²) in [5.74, 6) is 0.431. The molecule has 0 saturated carbocycles. The molecule has 2 heterocycles. The van der Waals surface area contributed by atoms with Gasteiger partial charge in [-0.25, -0.2) is 14.8 Å². The number of rotatable bonds is 4. The third-order valence-electron chi connectivity index (χ3n) is 3.84. The number of halogens is 1. The van der Waals surface area contributed by atoms with E-state index in [9.17, 15) is 4.79 Å². The van der Waals surface area contributed by atoms with Gasteiger partial charge in [0, 0.05) is 10.9 Å². The summed E-state index contributed by atoms with van der Waals surface area (Å²) >= 11 is 6.01. The minimum absolute atomic E-state index is 0.0695. The van der Waals surface area contributed by atoms with Crippen molar-refractivity contribution in [2.45, 2.75) is 6.61 Å². The molecule has 0 aliphatic heterocycles. The number of benzene rings is 2. The summed E-state index contributed by atoms with van der Waals surface area (Å²) in [6.45, 7) is -0.0695. The topological polar surface area (TPSA) is 65.2 Å². The van der Waals surface area contributed by atoms with Crippen molar-refractivity contribution in [2.75, 3.05) is 0 Å². The Labute approximate surface area is 154 Å². The van der Waals surface area contributed by atoms with Crippen LogP contribution >= 0.6 is 11.6 Å². The van der Waals surface area contributed by atoms with Gasteiger partial charge in [0.05, 0.1) is 17.3 Å². The van der Waals surface area contributed by atoms with Crippen molar-refractivity contribution in [2.24, 2.45) is 0 Å². The van der Waals surface area contributed by atoms with Gasteiger partial charge in [-0.05, 0) is 12.1 Å². The fraction of sp³-hybridized carbons (Fsp3) is 0.0500. The molecule has 0 spiro atoms. The highest BCUT2D eigenvalue weighted by Gasteiger charge is 2.15. The van der Waals surface area contributed by atoms with Crippen LogP contribution in [-0.4, -0.2) is 15.9 Å². The fourth-order valence-corrected chi connectivity index (χ4v) is 2.83. The predicted molar refractivity (Wildman–Crippen MR) is 97.8 cm³/mol. The molecule has 2 aromatic carbocycles. The number of carbonyl (C=O) groups excluding carboxylic acids is 1. The minimum Gasteiger partial charge on any atom is -0.452 e. The number of carbonyl (C=O) groups is 1. The summed E-state index contributed by atoms with van der Waals surface area (Å²) in [6, 6.07) is 18.3. The van der Waals surface area contributed by atoms with Gasteiger partial charge in [0.25, 0.3) is 0 Å². The second-order valence-electron chi connectivity index (χ2n) is 5.57. The molecule has 0 unspecified atom stereocenters. The van der Waals surface area contributed by atoms with Gasteiger partial charge in [-0.2, -0.15) is 0 Å². The molecule has 6 heteroatoms. The van der Waals surface area contributed by atoms with E-state index in [-0.39, 0.29) is 11.8 Å². The van der Waals surface area contributed by atoms with E-state index >= 15 is 0 Å². The van der Waals surface area contributed by atoms with Crippen molar-refractivity contribution < 1.29 is 13.9 Å². The maximum absolute atomic E-state index is 12.5. The van der Waals surface area contributed by atoms with E-state index in [1.807, 2.05) is 42.5 Å². The SMILES string of the molecule is O=C(OCc1ncc(-c2ccccc2)o1)c1cc(Cl)nc2ccccc12. The summed E-state index contributed by atoms with van der Waals surface area (Å²) < 4.78 is 11.0. The van der Waals surface area contributed by atoms with Crippen molar-refractivity contribution in [1.29, 1.82) is 0 Å². The van der Waals surface area contributed by atoms with Gasteiger partial charge in [0.2, 0.25) is 5.89 Å². The lowest BCUT2D eigenvalue weighted by Crippen LogP contribution is -2.06. The largest absolute Gasteiger partial charge is 0.452 e. The summed E-state index contributed by atoms with van der Waals surface area (Å²) in [5, 5.41) is 0.914. The molecule has 4 rings (SSSR count). The van der Waals surface area contributed by atoms with Crippen LogP contribution in [0.3, 0.4) is 0 Å². The highest BCUT2D eigenvalue weighted by molar-refractivity contribution is 6.30. The van der Waals surface area contributed by atoms with Crippen LogP contribution in [0.4, 0.5) is 0 Å². The van der Waals surface area contributed by atoms with Crippen molar-refractivity contribution >= 4 is 28.5 Å². The second-order valence-corrected chi connectivity index (χ2v) is 5.96. The number of ether oxygens (including phenoxy) is 1. The van der Waals surface area contributed by atoms with Gasteiger partial charge in [0.15, 0.2) is 12.4 Å². The van der Waals surface area contributed by atoms with Crippen LogP contribution in [0.5, 0.6) is 0 Å². The van der Waals surface area contributed by atoms with Crippen LogP contribution in [-0.2, 0) is 11.3 Å². The Bertz CT molecular complexity index is 1080. The van der Waals surface area contributed by atoms with E-state index in [2.05, 4.69) is 9.97 Å². The molecule has 0 bridgehead atoms. The molecule has 26 heavy (non-hydrogen) atoms. The molecular formula is C20H13ClN2O3. The zero-order valence-electron chi connectivity index (χ0n) is 13.6. The van der Waals surface area contributed by atoms with E-state index in [0.717, 1.165) is 5.56 Å². The predicted octanol–water partition coefficient (Wildman–Crippen LogP) is 4.90. The van der Waals surface area contributed by atoms with E-state index in [1.54, 1.807) is 18.3 Å². The fourth-order valence-electron chi connectivity index (χ4n) is 2.63. The number of hydrogen-bond donors (Lipinski definition) is 0. The highest BCUT2D eigenvalue weighted by atomic mass is 35.5. The summed E-state index contributed by atoms with van der Waals surface area (Å²) in [5.41, 5.74) is 1.90. The van der Waals surface area contributed by atoms with Gasteiger partial charge >= 0.3 is 5.97 Å². The minimum atomic E-state index is -0.509. The van der Waals surface area contributed by atoms with Gasteiger partial charge in [-0.15, -0.1) is 0 Å². The molecule has 0 saturated heterocycles. The Morgan fingerprint density at radius 3 is 2.69 bits per heavy atom. The van der Waals surface area contributed by atoms with Crippen molar-refractivity contribution in [1.82, 2.24) is 9.97 Å². The van der Waals surface area contributed by atoms with Crippen LogP contribution < -0.4 is 0 Å². The lowest BCUT2D eigenvalue weighted by molar-refractivity contribution is 0.0441. The number of esters is 1. The average Bonchev–Trinajstić information content (AvgIpc) is 3.15. The zero-order valence-corrected chi connectivity index (χ0v) is 14.3. The van der Waals surface area contributed by atoms with Crippen LogP contribution in [0.2, 0.25) is 5.15 Å². The molecule has 4 aromatic rings. The van der Waals surface area contributed by atoms with E-state index in [1.165, 1.54) is 6.07 Å². The Hall–Kier alpha value is -3.18. The van der Waals surface area contributed by atoms with Gasteiger partial charge in [-0.1, -0.05) is 60.1 Å². The lowest BCUT2D eigenvalue weighted by Gasteiger charge is -2.06. The third-order valence-corrected chi connectivity index (χ3v) is 4.04. The van der Waals surface area contributed by atoms with Gasteiger partial charge in [0.1, 0.15) is 5.15 Å². The Morgan fingerprint density at radius 1 is 1.08 bits per heavy atom. The first kappa shape index (κ1) is 16.3. The van der Waals surface area contributed by atoms with Crippen molar-refractivity contribution in [3.05, 3.63) is 83.5 Å². The van der Waals surface area contributed by atoms with Crippen LogP contribution in [0.1, 0.15) is 16.2 Å². The number of fused-ring (bicyclic) bond motifs is 1. The Balaban J connectivity index is 1.52. The maximum Gasteiger partial charge on any atom is 0.339 e. The highest BCUT2D eigenvalue weighted by Crippen LogP contribution is 2.23. The number of oxazole rings is 1. The molecule has 128 valence electrons. The van der Waals surface area contributed by atoms with Gasteiger partial charge < -0.3 is 9.15 Å². The average molecular weight is 365 g/mol. The van der Waals surface area contributed by atoms with E-state index in [0.29, 0.717) is 28.1 Å². The van der Waals surface area contributed by atoms with Crippen LogP contribution in [0, 0.1) is 0 Å². The van der Waals surface area contributed by atoms with Crippen LogP contribution in [0.25, 0.3) is 22.2 Å². The Kier molecular flexibility index (Phi) is 4.37. The number of aromatic nitrogens is 2. The van der Waals surface area contributed by atoms with Crippen LogP contribution in [0.15, 0.2) is 71.3 Å². The summed E-state index contributed by atoms with van der Waals surface area (Å²) in [7, 11) is 0. The molecule has 0 atom stereocenters. The van der Waals surface area contributed by atoms with Gasteiger partial charge in [-0.3, -0.25) is 0 Å². The van der Waals surface area contributed by atoms with Crippen molar-refractivity contribution in [3.8, 4) is 11.3 Å². The first-order valence-electron chi connectivity index (χ1n) is 7.93. The zero-order chi connectivity index (χ0) is 17.9. The molecule has 0 fully saturated rings. The molecule has 2 aromatic heterocycles. The van der Waals surface area contributed by atoms with Crippen molar-refractivity contribution in [3.63, 3.8) is 0 Å². The standard InChI is InChI=1S/C20H13ClN2O3/c21-18-10-15(14-8-4-5-9-16(14)23-18)20(24)25-12-19-22-11-17(26-19)13-6-2-1-3-7-13/h1-11H,12H2. The van der Waals surface area contributed by atoms with E-state index in [4.69, 9.17) is 20.8 Å². The number of nitrogens with zero attached hydrogens (tertiary/aromatic N) is 2. The summed E-state index contributed by atoms with van der Waals surface area (Å²) in [6.07, 6.45) is 1.61. The first-order chi connectivity index (χ1) is 12.7. The second kappa shape index (κ2) is 6.98. The third kappa shape index (κ3) is 3.30. The first-order valence-corrected chi connectivity index (χ1v) is 8.31. The normalized spacial score (nSPS) is 10.8. The maximum atomic E-state index is 12.5. The molecular weight excluding hydrogens is 352 g/mol. The quantitative estimate of drug-likeness (QED) is 0.380. The van der Waals surface area contributed by atoms with E-state index < -0.39 is 5.97 Å².